The van der Waals surface area contributed by atoms with Gasteiger partial charge in [-0.1, -0.05) is 6.07 Å². The van der Waals surface area contributed by atoms with E-state index in [2.05, 4.69) is 19.6 Å². The average Bonchev–Trinajstić information content (AvgIpc) is 3.50. The molecule has 0 saturated carbocycles. The lowest BCUT2D eigenvalue weighted by Crippen LogP contribution is -2.25. The van der Waals surface area contributed by atoms with Gasteiger partial charge in [0.25, 0.3) is 0 Å². The Morgan fingerprint density at radius 2 is 1.81 bits per heavy atom. The molecule has 224 valence electrons. The zero-order chi connectivity index (χ0) is 30.5. The van der Waals surface area contributed by atoms with Crippen molar-refractivity contribution in [2.24, 2.45) is 0 Å². The molecule has 6 rings (SSSR count). The molecule has 4 aromatic rings. The molecule has 1 aliphatic carbocycles. The van der Waals surface area contributed by atoms with E-state index in [0.29, 0.717) is 18.4 Å². The Labute approximate surface area is 240 Å². The summed E-state index contributed by atoms with van der Waals surface area (Å²) in [5, 5.41) is 13.1. The number of hydrogen-bond acceptors (Lipinski definition) is 7. The summed E-state index contributed by atoms with van der Waals surface area (Å²) in [6.45, 7) is 1.65. The second-order valence-electron chi connectivity index (χ2n) is 9.96. The minimum atomic E-state index is -4.73. The van der Waals surface area contributed by atoms with E-state index in [-0.39, 0.29) is 51.9 Å². The largest absolute Gasteiger partial charge is 0.586 e. The number of halogens is 5. The highest BCUT2D eigenvalue weighted by atomic mass is 19.4. The highest BCUT2D eigenvalue weighted by molar-refractivity contribution is 5.87. The first-order chi connectivity index (χ1) is 20.4. The summed E-state index contributed by atoms with van der Waals surface area (Å²) in [6.07, 6.45) is -6.38. The molecular weight excluding hydrogens is 581 g/mol. The first-order valence-electron chi connectivity index (χ1n) is 13.1. The van der Waals surface area contributed by atoms with Crippen LogP contribution in [0, 0.1) is 0 Å². The lowest BCUT2D eigenvalue weighted by molar-refractivity contribution is -0.286. The van der Waals surface area contributed by atoms with E-state index in [4.69, 9.17) is 14.6 Å². The van der Waals surface area contributed by atoms with Crippen molar-refractivity contribution in [3.05, 3.63) is 89.0 Å². The number of rotatable bonds is 7. The highest BCUT2D eigenvalue weighted by Gasteiger charge is 2.44. The zero-order valence-corrected chi connectivity index (χ0v) is 22.3. The van der Waals surface area contributed by atoms with Crippen molar-refractivity contribution >= 4 is 5.97 Å². The van der Waals surface area contributed by atoms with E-state index in [1.165, 1.54) is 60.9 Å². The second-order valence-corrected chi connectivity index (χ2v) is 9.96. The van der Waals surface area contributed by atoms with Gasteiger partial charge in [-0.25, -0.2) is 9.48 Å². The Hall–Kier alpha value is -4.88. The minimum Gasteiger partial charge on any atom is -0.484 e. The van der Waals surface area contributed by atoms with Crippen LogP contribution in [0.5, 0.6) is 23.0 Å². The van der Waals surface area contributed by atoms with Crippen molar-refractivity contribution in [3.8, 4) is 28.7 Å². The fourth-order valence-electron chi connectivity index (χ4n) is 5.10. The van der Waals surface area contributed by atoms with Crippen molar-refractivity contribution in [3.63, 3.8) is 0 Å². The van der Waals surface area contributed by atoms with E-state index in [9.17, 15) is 26.7 Å². The highest BCUT2D eigenvalue weighted by Crippen LogP contribution is 2.44. The van der Waals surface area contributed by atoms with E-state index in [0.717, 1.165) is 4.68 Å². The third-order valence-electron chi connectivity index (χ3n) is 7.02. The summed E-state index contributed by atoms with van der Waals surface area (Å²) in [6, 6.07) is 11.2. The number of hydrogen-bond donors (Lipinski definition) is 1. The van der Waals surface area contributed by atoms with Gasteiger partial charge in [0.15, 0.2) is 17.2 Å². The summed E-state index contributed by atoms with van der Waals surface area (Å²) in [5.74, 6) is -0.930. The zero-order valence-electron chi connectivity index (χ0n) is 22.3. The number of carbonyl (C=O) groups is 1. The van der Waals surface area contributed by atoms with Gasteiger partial charge in [0.2, 0.25) is 0 Å². The lowest BCUT2D eigenvalue weighted by atomic mass is 9.93. The summed E-state index contributed by atoms with van der Waals surface area (Å²) in [5.41, 5.74) is -0.139. The molecule has 9 nitrogen and oxygen atoms in total. The van der Waals surface area contributed by atoms with Gasteiger partial charge in [0.1, 0.15) is 23.7 Å². The molecule has 2 aliphatic rings. The number of aromatic carboxylic acids is 1. The van der Waals surface area contributed by atoms with Crippen LogP contribution in [0.25, 0.3) is 5.69 Å². The quantitative estimate of drug-likeness (QED) is 0.228. The molecule has 14 heteroatoms. The van der Waals surface area contributed by atoms with Crippen molar-refractivity contribution < 1.29 is 50.8 Å². The molecule has 0 radical (unpaired) electrons. The van der Waals surface area contributed by atoms with Gasteiger partial charge in [-0.15, -0.1) is 8.78 Å². The SMILES string of the molecule is C[C@H](Oc1cncc(-n2nc(C(F)(F)F)c3c2[C@@H](Oc2ccc(C(=O)O)cc2)CCC3)c1)c1ccc2c(c1)OC(F)(F)O2. The molecule has 0 unspecified atom stereocenters. The Morgan fingerprint density at radius 1 is 1.07 bits per heavy atom. The molecule has 0 bridgehead atoms. The molecular formula is C29H22F5N3O6. The van der Waals surface area contributed by atoms with Gasteiger partial charge >= 0.3 is 18.4 Å². The smallest absolute Gasteiger partial charge is 0.484 e. The van der Waals surface area contributed by atoms with Gasteiger partial charge in [-0.05, 0) is 68.1 Å². The van der Waals surface area contributed by atoms with Gasteiger partial charge in [-0.2, -0.15) is 18.3 Å². The summed E-state index contributed by atoms with van der Waals surface area (Å²) in [4.78, 5) is 15.3. The first-order valence-corrected chi connectivity index (χ1v) is 13.1. The standard InChI is InChI=1S/C29H22F5N3O6/c1-15(17-7-10-22-24(11-17)43-29(33,34)42-22)40-20-12-18(13-35-14-20)37-25-21(26(36-37)28(30,31)32)3-2-4-23(25)41-19-8-5-16(6-9-19)27(38)39/h5-15,23H,2-4H2,1H3,(H,38,39)/t15-,23-/m0/s1. The van der Waals surface area contributed by atoms with Crippen LogP contribution in [0.2, 0.25) is 0 Å². The molecule has 2 atom stereocenters. The monoisotopic (exact) mass is 603 g/mol. The molecule has 43 heavy (non-hydrogen) atoms. The van der Waals surface area contributed by atoms with E-state index in [1.807, 2.05) is 0 Å². The Kier molecular flexibility index (Phi) is 6.86. The molecule has 0 spiro atoms. The van der Waals surface area contributed by atoms with Crippen LogP contribution < -0.4 is 18.9 Å². The van der Waals surface area contributed by atoms with Gasteiger partial charge in [-0.3, -0.25) is 4.98 Å². The van der Waals surface area contributed by atoms with Gasteiger partial charge in [0, 0.05) is 11.6 Å². The van der Waals surface area contributed by atoms with Crippen molar-refractivity contribution in [2.75, 3.05) is 0 Å². The first kappa shape index (κ1) is 28.2. The molecule has 0 amide bonds. The molecule has 0 fully saturated rings. The Morgan fingerprint density at radius 3 is 2.53 bits per heavy atom. The van der Waals surface area contributed by atoms with Crippen LogP contribution in [-0.4, -0.2) is 32.1 Å². The molecule has 1 aliphatic heterocycles. The second kappa shape index (κ2) is 10.4. The van der Waals surface area contributed by atoms with Crippen molar-refractivity contribution in [1.82, 2.24) is 14.8 Å². The number of fused-ring (bicyclic) bond motifs is 2. The molecule has 2 aromatic heterocycles. The number of ether oxygens (including phenoxy) is 4. The average molecular weight is 604 g/mol. The predicted molar refractivity (Wildman–Crippen MR) is 138 cm³/mol. The maximum atomic E-state index is 14.1. The number of alkyl halides is 5. The summed E-state index contributed by atoms with van der Waals surface area (Å²) in [7, 11) is 0. The van der Waals surface area contributed by atoms with E-state index < -0.39 is 36.3 Å². The van der Waals surface area contributed by atoms with E-state index >= 15 is 0 Å². The summed E-state index contributed by atoms with van der Waals surface area (Å²) < 4.78 is 91.2. The number of nitrogens with zero attached hydrogens (tertiary/aromatic N) is 3. The maximum Gasteiger partial charge on any atom is 0.586 e. The third kappa shape index (κ3) is 5.64. The summed E-state index contributed by atoms with van der Waals surface area (Å²) >= 11 is 0. The fraction of sp³-hybridized carbons (Fsp3) is 0.276. The van der Waals surface area contributed by atoms with Crippen LogP contribution >= 0.6 is 0 Å². The van der Waals surface area contributed by atoms with Crippen molar-refractivity contribution in [2.45, 2.75) is 50.9 Å². The number of carboxylic acids is 1. The normalized spacial score (nSPS) is 17.7. The Bertz CT molecular complexity index is 1690. The van der Waals surface area contributed by atoms with Crippen molar-refractivity contribution in [1.29, 1.82) is 0 Å². The van der Waals surface area contributed by atoms with Gasteiger partial charge < -0.3 is 24.1 Å². The number of carboxylic acid groups (broad SMARTS) is 1. The molecule has 1 N–H and O–H groups in total. The lowest BCUT2D eigenvalue weighted by Gasteiger charge is -2.26. The molecule has 3 heterocycles. The maximum absolute atomic E-state index is 14.1. The predicted octanol–water partition coefficient (Wildman–Crippen LogP) is 6.90. The minimum absolute atomic E-state index is 0.00255. The van der Waals surface area contributed by atoms with Gasteiger partial charge in [0.05, 0.1) is 29.3 Å². The van der Waals surface area contributed by atoms with Crippen LogP contribution in [0.1, 0.15) is 64.8 Å². The Balaban J connectivity index is 1.31. The molecule has 0 saturated heterocycles. The van der Waals surface area contributed by atoms with Crippen LogP contribution in [-0.2, 0) is 12.6 Å². The number of aromatic nitrogens is 3. The fourth-order valence-corrected chi connectivity index (χ4v) is 5.10. The van der Waals surface area contributed by atoms with Crippen LogP contribution in [0.15, 0.2) is 60.9 Å². The number of pyridine rings is 1. The topological polar surface area (TPSA) is 105 Å². The number of benzene rings is 2. The van der Waals surface area contributed by atoms with Crippen LogP contribution in [0.4, 0.5) is 22.0 Å². The third-order valence-corrected chi connectivity index (χ3v) is 7.02. The van der Waals surface area contributed by atoms with Crippen LogP contribution in [0.3, 0.4) is 0 Å². The molecule has 2 aromatic carbocycles. The van der Waals surface area contributed by atoms with E-state index in [1.54, 1.807) is 6.92 Å².